The lowest BCUT2D eigenvalue weighted by molar-refractivity contribution is -0.137. The van der Waals surface area contributed by atoms with Crippen LogP contribution in [0, 0.1) is 0 Å². The number of alkyl halides is 3. The van der Waals surface area contributed by atoms with E-state index in [1.807, 2.05) is 0 Å². The summed E-state index contributed by atoms with van der Waals surface area (Å²) in [5.74, 6) is -0.996. The number of amides is 1. The van der Waals surface area contributed by atoms with E-state index in [0.29, 0.717) is 0 Å². The van der Waals surface area contributed by atoms with Gasteiger partial charge in [0.05, 0.1) is 11.1 Å². The number of benzene rings is 1. The molecule has 1 aromatic carbocycles. The second-order valence-electron chi connectivity index (χ2n) is 4.67. The summed E-state index contributed by atoms with van der Waals surface area (Å²) in [6.45, 7) is 0. The normalized spacial score (nSPS) is 16.0. The van der Waals surface area contributed by atoms with Gasteiger partial charge in [0.2, 0.25) is 0 Å². The van der Waals surface area contributed by atoms with E-state index in [-0.39, 0.29) is 42.1 Å². The number of rotatable bonds is 2. The molecule has 0 atom stereocenters. The number of carbonyl (C=O) groups is 2. The molecule has 0 saturated heterocycles. The van der Waals surface area contributed by atoms with E-state index in [1.54, 1.807) is 0 Å². The maximum absolute atomic E-state index is 12.4. The molecule has 0 bridgehead atoms. The van der Waals surface area contributed by atoms with Crippen molar-refractivity contribution >= 4 is 17.4 Å². The monoisotopic (exact) mass is 299 g/mol. The molecule has 0 fully saturated rings. The summed E-state index contributed by atoms with van der Waals surface area (Å²) in [5, 5.41) is 12.0. The lowest BCUT2D eigenvalue weighted by atomic mass is 9.96. The number of allylic oxidation sites excluding steroid dienone is 1. The van der Waals surface area contributed by atoms with E-state index in [0.717, 1.165) is 24.3 Å². The minimum absolute atomic E-state index is 0.0360. The average Bonchev–Trinajstić information content (AvgIpc) is 2.41. The van der Waals surface area contributed by atoms with Crippen LogP contribution in [0.15, 0.2) is 35.6 Å². The van der Waals surface area contributed by atoms with Crippen molar-refractivity contribution in [3.8, 4) is 0 Å². The zero-order chi connectivity index (χ0) is 15.6. The Morgan fingerprint density at radius 1 is 1.14 bits per heavy atom. The highest BCUT2D eigenvalue weighted by Gasteiger charge is 2.30. The quantitative estimate of drug-likeness (QED) is 0.881. The van der Waals surface area contributed by atoms with Gasteiger partial charge >= 0.3 is 6.18 Å². The van der Waals surface area contributed by atoms with Crippen LogP contribution in [0.25, 0.3) is 0 Å². The van der Waals surface area contributed by atoms with Gasteiger partial charge in [-0.3, -0.25) is 9.59 Å². The number of aliphatic hydroxyl groups is 1. The highest BCUT2D eigenvalue weighted by atomic mass is 19.4. The summed E-state index contributed by atoms with van der Waals surface area (Å²) < 4.78 is 37.2. The number of anilines is 1. The number of ketones is 1. The fourth-order valence-corrected chi connectivity index (χ4v) is 1.96. The van der Waals surface area contributed by atoms with Crippen molar-refractivity contribution < 1.29 is 27.9 Å². The highest BCUT2D eigenvalue weighted by Crippen LogP contribution is 2.30. The van der Waals surface area contributed by atoms with Crippen LogP contribution in [0.5, 0.6) is 0 Å². The molecular formula is C14H12F3NO3. The van der Waals surface area contributed by atoms with Gasteiger partial charge in [0.15, 0.2) is 0 Å². The standard InChI is InChI=1S/C14H12F3NO3/c15-14(16,17)8-1-3-9(4-2-8)18-13(21)11-7-10(19)5-6-12(11)20/h1-4,20H,5-7H2,(H,18,21). The maximum Gasteiger partial charge on any atom is 0.416 e. The fourth-order valence-electron chi connectivity index (χ4n) is 1.96. The van der Waals surface area contributed by atoms with E-state index in [4.69, 9.17) is 0 Å². The lowest BCUT2D eigenvalue weighted by Crippen LogP contribution is -2.21. The first-order chi connectivity index (χ1) is 9.77. The van der Waals surface area contributed by atoms with E-state index in [2.05, 4.69) is 5.32 Å². The van der Waals surface area contributed by atoms with Gasteiger partial charge in [0, 0.05) is 24.9 Å². The van der Waals surface area contributed by atoms with E-state index in [9.17, 15) is 27.9 Å². The molecule has 2 rings (SSSR count). The Morgan fingerprint density at radius 2 is 1.76 bits per heavy atom. The molecule has 1 aromatic rings. The number of Topliss-reactive ketones (excluding diaryl/α,β-unsaturated/α-hetero) is 1. The van der Waals surface area contributed by atoms with Crippen molar-refractivity contribution in [2.45, 2.75) is 25.4 Å². The molecule has 0 unspecified atom stereocenters. The van der Waals surface area contributed by atoms with Crippen LogP contribution in [-0.2, 0) is 15.8 Å². The van der Waals surface area contributed by atoms with Crippen molar-refractivity contribution in [3.05, 3.63) is 41.2 Å². The van der Waals surface area contributed by atoms with Gasteiger partial charge in [-0.1, -0.05) is 0 Å². The molecule has 0 aromatic heterocycles. The van der Waals surface area contributed by atoms with Gasteiger partial charge in [-0.15, -0.1) is 0 Å². The van der Waals surface area contributed by atoms with E-state index < -0.39 is 17.6 Å². The predicted molar refractivity (Wildman–Crippen MR) is 68.6 cm³/mol. The molecule has 0 spiro atoms. The first-order valence-corrected chi connectivity index (χ1v) is 6.18. The van der Waals surface area contributed by atoms with Crippen LogP contribution in [0.2, 0.25) is 0 Å². The van der Waals surface area contributed by atoms with Crippen molar-refractivity contribution in [3.63, 3.8) is 0 Å². The van der Waals surface area contributed by atoms with Crippen molar-refractivity contribution in [2.24, 2.45) is 0 Å². The molecule has 112 valence electrons. The molecule has 4 nitrogen and oxygen atoms in total. The van der Waals surface area contributed by atoms with Crippen molar-refractivity contribution in [1.82, 2.24) is 0 Å². The molecule has 7 heteroatoms. The summed E-state index contributed by atoms with van der Waals surface area (Å²) >= 11 is 0. The minimum atomic E-state index is -4.45. The number of hydrogen-bond acceptors (Lipinski definition) is 3. The molecular weight excluding hydrogens is 287 g/mol. The molecule has 0 heterocycles. The maximum atomic E-state index is 12.4. The van der Waals surface area contributed by atoms with Crippen LogP contribution >= 0.6 is 0 Å². The zero-order valence-corrected chi connectivity index (χ0v) is 10.8. The molecule has 21 heavy (non-hydrogen) atoms. The molecule has 0 aliphatic heterocycles. The Labute approximate surface area is 118 Å². The molecule has 0 radical (unpaired) electrons. The molecule has 0 saturated carbocycles. The third-order valence-corrected chi connectivity index (χ3v) is 3.11. The first-order valence-electron chi connectivity index (χ1n) is 6.18. The van der Waals surface area contributed by atoms with E-state index >= 15 is 0 Å². The third kappa shape index (κ3) is 3.62. The van der Waals surface area contributed by atoms with Gasteiger partial charge in [-0.2, -0.15) is 13.2 Å². The topological polar surface area (TPSA) is 66.4 Å². The summed E-state index contributed by atoms with van der Waals surface area (Å²) in [5.41, 5.74) is -0.701. The van der Waals surface area contributed by atoms with Crippen LogP contribution in [0.1, 0.15) is 24.8 Å². The second-order valence-corrected chi connectivity index (χ2v) is 4.67. The largest absolute Gasteiger partial charge is 0.512 e. The third-order valence-electron chi connectivity index (χ3n) is 3.11. The summed E-state index contributed by atoms with van der Waals surface area (Å²) in [4.78, 5) is 23.2. The van der Waals surface area contributed by atoms with Crippen LogP contribution in [0.4, 0.5) is 18.9 Å². The number of carbonyl (C=O) groups excluding carboxylic acids is 2. The predicted octanol–water partition coefficient (Wildman–Crippen LogP) is 3.21. The Bertz CT molecular complexity index is 603. The highest BCUT2D eigenvalue weighted by molar-refractivity contribution is 6.07. The van der Waals surface area contributed by atoms with Gasteiger partial charge in [0.25, 0.3) is 5.91 Å². The first kappa shape index (κ1) is 15.1. The summed E-state index contributed by atoms with van der Waals surface area (Å²) in [6.07, 6.45) is -4.32. The molecule has 1 amide bonds. The van der Waals surface area contributed by atoms with Crippen LogP contribution < -0.4 is 5.32 Å². The average molecular weight is 299 g/mol. The smallest absolute Gasteiger partial charge is 0.416 e. The van der Waals surface area contributed by atoms with Gasteiger partial charge in [-0.25, -0.2) is 0 Å². The molecule has 1 aliphatic rings. The molecule has 2 N–H and O–H groups in total. The van der Waals surface area contributed by atoms with Gasteiger partial charge in [0.1, 0.15) is 11.5 Å². The summed E-state index contributed by atoms with van der Waals surface area (Å²) in [7, 11) is 0. The Balaban J connectivity index is 2.11. The zero-order valence-electron chi connectivity index (χ0n) is 10.8. The van der Waals surface area contributed by atoms with Crippen molar-refractivity contribution in [2.75, 3.05) is 5.32 Å². The Morgan fingerprint density at radius 3 is 2.33 bits per heavy atom. The second kappa shape index (κ2) is 5.59. The van der Waals surface area contributed by atoms with Gasteiger partial charge in [-0.05, 0) is 24.3 Å². The number of nitrogens with one attached hydrogen (secondary N) is 1. The minimum Gasteiger partial charge on any atom is -0.512 e. The number of hydrogen-bond donors (Lipinski definition) is 2. The Hall–Kier alpha value is -2.31. The Kier molecular flexibility index (Phi) is 4.02. The number of halogens is 3. The number of aliphatic hydroxyl groups excluding tert-OH is 1. The van der Waals surface area contributed by atoms with Gasteiger partial charge < -0.3 is 10.4 Å². The SMILES string of the molecule is O=C1CCC(O)=C(C(=O)Nc2ccc(C(F)(F)F)cc2)C1. The van der Waals surface area contributed by atoms with Crippen LogP contribution in [0.3, 0.4) is 0 Å². The lowest BCUT2D eigenvalue weighted by Gasteiger charge is -2.15. The van der Waals surface area contributed by atoms with Crippen LogP contribution in [-0.4, -0.2) is 16.8 Å². The fraction of sp³-hybridized carbons (Fsp3) is 0.286. The van der Waals surface area contributed by atoms with Crippen molar-refractivity contribution in [1.29, 1.82) is 0 Å². The van der Waals surface area contributed by atoms with E-state index in [1.165, 1.54) is 0 Å². The summed E-state index contributed by atoms with van der Waals surface area (Å²) in [6, 6.07) is 3.91. The molecule has 1 aliphatic carbocycles.